The summed E-state index contributed by atoms with van der Waals surface area (Å²) in [6.45, 7) is 2.36. The molecule has 0 aliphatic heterocycles. The third kappa shape index (κ3) is 1.26. The largest absolute Gasteiger partial charge is 0.254 e. The van der Waals surface area contributed by atoms with Crippen molar-refractivity contribution in [2.24, 2.45) is 5.92 Å². The molecular formula is C20H16N2. The van der Waals surface area contributed by atoms with E-state index < -0.39 is 0 Å². The van der Waals surface area contributed by atoms with E-state index in [-0.39, 0.29) is 5.41 Å². The van der Waals surface area contributed by atoms with Crippen molar-refractivity contribution in [2.75, 3.05) is 0 Å². The molecule has 106 valence electrons. The maximum absolute atomic E-state index is 4.64. The van der Waals surface area contributed by atoms with Crippen LogP contribution in [-0.4, -0.2) is 9.97 Å². The Balaban J connectivity index is 1.79. The number of benzene rings is 1. The Morgan fingerprint density at radius 3 is 1.95 bits per heavy atom. The molecule has 1 fully saturated rings. The topological polar surface area (TPSA) is 25.8 Å². The van der Waals surface area contributed by atoms with Crippen molar-refractivity contribution in [3.05, 3.63) is 83.7 Å². The standard InChI is InChI=1S/C20H16N2/c1-13-17(14-7-3-2-4-8-14)20(13)15-9-5-11-21-18(15)19-16(20)10-6-12-22-19/h2-13,17H,1H3/t13-,17+/m1/s1. The maximum atomic E-state index is 4.64. The van der Waals surface area contributed by atoms with Gasteiger partial charge in [-0.1, -0.05) is 49.4 Å². The normalized spacial score (nSPS) is 23.1. The first kappa shape index (κ1) is 12.1. The lowest BCUT2D eigenvalue weighted by atomic mass is 9.88. The zero-order valence-electron chi connectivity index (χ0n) is 12.4. The summed E-state index contributed by atoms with van der Waals surface area (Å²) < 4.78 is 0. The van der Waals surface area contributed by atoms with Crippen LogP contribution in [0.25, 0.3) is 11.4 Å². The first-order valence-corrected chi connectivity index (χ1v) is 7.81. The van der Waals surface area contributed by atoms with Crippen molar-refractivity contribution in [1.29, 1.82) is 0 Å². The highest BCUT2D eigenvalue weighted by Gasteiger charge is 2.68. The second kappa shape index (κ2) is 4.04. The highest BCUT2D eigenvalue weighted by atomic mass is 14.8. The van der Waals surface area contributed by atoms with E-state index in [2.05, 4.69) is 71.5 Å². The van der Waals surface area contributed by atoms with Gasteiger partial charge in [0, 0.05) is 23.7 Å². The fourth-order valence-electron chi connectivity index (χ4n) is 4.60. The third-order valence-corrected chi connectivity index (χ3v) is 5.49. The van der Waals surface area contributed by atoms with Gasteiger partial charge in [0.2, 0.25) is 0 Å². The van der Waals surface area contributed by atoms with Crippen LogP contribution in [0.2, 0.25) is 0 Å². The molecule has 0 unspecified atom stereocenters. The Morgan fingerprint density at radius 2 is 1.36 bits per heavy atom. The van der Waals surface area contributed by atoms with Crippen LogP contribution in [0.1, 0.15) is 29.5 Å². The molecular weight excluding hydrogens is 268 g/mol. The lowest BCUT2D eigenvalue weighted by Gasteiger charge is -2.14. The smallest absolute Gasteiger partial charge is 0.0930 e. The van der Waals surface area contributed by atoms with Crippen LogP contribution >= 0.6 is 0 Å². The van der Waals surface area contributed by atoms with Gasteiger partial charge in [-0.3, -0.25) is 9.97 Å². The van der Waals surface area contributed by atoms with Crippen molar-refractivity contribution >= 4 is 0 Å². The molecule has 0 amide bonds. The van der Waals surface area contributed by atoms with Crippen molar-refractivity contribution in [1.82, 2.24) is 9.97 Å². The van der Waals surface area contributed by atoms with Crippen molar-refractivity contribution in [3.8, 4) is 11.4 Å². The molecule has 0 N–H and O–H groups in total. The molecule has 0 saturated heterocycles. The number of nitrogens with zero attached hydrogens (tertiary/aromatic N) is 2. The zero-order chi connectivity index (χ0) is 14.7. The van der Waals surface area contributed by atoms with Crippen molar-refractivity contribution < 1.29 is 0 Å². The Labute approximate surface area is 129 Å². The van der Waals surface area contributed by atoms with E-state index in [9.17, 15) is 0 Å². The van der Waals surface area contributed by atoms with Crippen LogP contribution in [0.5, 0.6) is 0 Å². The Kier molecular flexibility index (Phi) is 2.22. The van der Waals surface area contributed by atoms with Crippen LogP contribution in [0.3, 0.4) is 0 Å². The lowest BCUT2D eigenvalue weighted by molar-refractivity contribution is 0.763. The lowest BCUT2D eigenvalue weighted by Crippen LogP contribution is -2.09. The first-order valence-electron chi connectivity index (χ1n) is 7.81. The first-order chi connectivity index (χ1) is 10.8. The quantitative estimate of drug-likeness (QED) is 0.670. The molecule has 22 heavy (non-hydrogen) atoms. The molecule has 2 nitrogen and oxygen atoms in total. The summed E-state index contributed by atoms with van der Waals surface area (Å²) in [5.74, 6) is 1.09. The monoisotopic (exact) mass is 284 g/mol. The molecule has 3 aromatic rings. The predicted molar refractivity (Wildman–Crippen MR) is 86.6 cm³/mol. The van der Waals surface area contributed by atoms with Crippen LogP contribution < -0.4 is 0 Å². The van der Waals surface area contributed by atoms with E-state index in [4.69, 9.17) is 0 Å². The van der Waals surface area contributed by atoms with E-state index in [0.29, 0.717) is 11.8 Å². The summed E-state index contributed by atoms with van der Waals surface area (Å²) in [4.78, 5) is 9.27. The Hall–Kier alpha value is -2.48. The molecule has 0 radical (unpaired) electrons. The number of hydrogen-bond donors (Lipinski definition) is 0. The summed E-state index contributed by atoms with van der Waals surface area (Å²) in [5.41, 5.74) is 6.33. The van der Waals surface area contributed by atoms with Gasteiger partial charge in [0.05, 0.1) is 11.4 Å². The second-order valence-corrected chi connectivity index (χ2v) is 6.35. The molecule has 2 heteroatoms. The molecule has 2 aliphatic carbocycles. The highest BCUT2D eigenvalue weighted by Crippen LogP contribution is 2.73. The molecule has 1 saturated carbocycles. The summed E-state index contributed by atoms with van der Waals surface area (Å²) in [6.07, 6.45) is 3.75. The highest BCUT2D eigenvalue weighted by molar-refractivity contribution is 5.79. The van der Waals surface area contributed by atoms with E-state index in [1.54, 1.807) is 0 Å². The number of fused-ring (bicyclic) bond motifs is 5. The average Bonchev–Trinajstić information content (AvgIpc) is 3.10. The Morgan fingerprint density at radius 1 is 0.773 bits per heavy atom. The number of aromatic nitrogens is 2. The SMILES string of the molecule is C[C@@H]1[C@@H](c2ccccc2)C12c1cccnc1-c1ncccc12. The van der Waals surface area contributed by atoms with E-state index in [1.807, 2.05) is 12.4 Å². The molecule has 2 aliphatic rings. The Bertz CT molecular complexity index is 824. The minimum atomic E-state index is 0.0640. The predicted octanol–water partition coefficient (Wildman–Crippen LogP) is 4.18. The number of rotatable bonds is 1. The minimum Gasteiger partial charge on any atom is -0.254 e. The molecule has 2 aromatic heterocycles. The minimum absolute atomic E-state index is 0.0640. The van der Waals surface area contributed by atoms with Gasteiger partial charge >= 0.3 is 0 Å². The molecule has 2 heterocycles. The van der Waals surface area contributed by atoms with Gasteiger partial charge in [0.15, 0.2) is 0 Å². The summed E-state index contributed by atoms with van der Waals surface area (Å²) >= 11 is 0. The van der Waals surface area contributed by atoms with Crippen LogP contribution in [0.15, 0.2) is 67.0 Å². The van der Waals surface area contributed by atoms with E-state index in [1.165, 1.54) is 16.7 Å². The van der Waals surface area contributed by atoms with Gasteiger partial charge < -0.3 is 0 Å². The van der Waals surface area contributed by atoms with Gasteiger partial charge in [-0.15, -0.1) is 0 Å². The summed E-state index contributed by atoms with van der Waals surface area (Å²) in [6, 6.07) is 19.4. The van der Waals surface area contributed by atoms with Crippen LogP contribution in [0.4, 0.5) is 0 Å². The molecule has 2 atom stereocenters. The zero-order valence-corrected chi connectivity index (χ0v) is 12.4. The van der Waals surface area contributed by atoms with Gasteiger partial charge in [-0.2, -0.15) is 0 Å². The van der Waals surface area contributed by atoms with Gasteiger partial charge in [0.25, 0.3) is 0 Å². The molecule has 1 aromatic carbocycles. The van der Waals surface area contributed by atoms with Crippen LogP contribution in [0, 0.1) is 5.92 Å². The molecule has 1 spiro atoms. The van der Waals surface area contributed by atoms with Gasteiger partial charge in [-0.05, 0) is 34.7 Å². The molecule has 0 bridgehead atoms. The van der Waals surface area contributed by atoms with Gasteiger partial charge in [0.1, 0.15) is 0 Å². The number of hydrogen-bond acceptors (Lipinski definition) is 2. The average molecular weight is 284 g/mol. The molecule has 5 rings (SSSR count). The third-order valence-electron chi connectivity index (χ3n) is 5.49. The number of pyridine rings is 2. The maximum Gasteiger partial charge on any atom is 0.0930 e. The van der Waals surface area contributed by atoms with Crippen molar-refractivity contribution in [2.45, 2.75) is 18.3 Å². The second-order valence-electron chi connectivity index (χ2n) is 6.35. The van der Waals surface area contributed by atoms with Crippen LogP contribution in [-0.2, 0) is 5.41 Å². The fourth-order valence-corrected chi connectivity index (χ4v) is 4.60. The summed E-state index contributed by atoms with van der Waals surface area (Å²) in [5, 5.41) is 0. The van der Waals surface area contributed by atoms with Gasteiger partial charge in [-0.25, -0.2) is 0 Å². The summed E-state index contributed by atoms with van der Waals surface area (Å²) in [7, 11) is 0. The van der Waals surface area contributed by atoms with E-state index in [0.717, 1.165) is 11.4 Å². The van der Waals surface area contributed by atoms with E-state index >= 15 is 0 Å². The van der Waals surface area contributed by atoms with Crippen molar-refractivity contribution in [3.63, 3.8) is 0 Å². The fraction of sp³-hybridized carbons (Fsp3) is 0.200.